The number of nitrogens with zero attached hydrogens (tertiary/aromatic N) is 2. The fraction of sp³-hybridized carbons (Fsp3) is 0.167. The third-order valence-electron chi connectivity index (χ3n) is 2.46. The average Bonchev–Trinajstić information content (AvgIpc) is 2.62. The zero-order valence-corrected chi connectivity index (χ0v) is 12.2. The van der Waals surface area contributed by atoms with Crippen molar-refractivity contribution in [2.45, 2.75) is 0 Å². The van der Waals surface area contributed by atoms with Crippen LogP contribution in [0.25, 0.3) is 6.08 Å². The minimum Gasteiger partial charge on any atom is -0.507 e. The molecule has 18 heavy (non-hydrogen) atoms. The van der Waals surface area contributed by atoms with Gasteiger partial charge in [0.1, 0.15) is 5.75 Å². The van der Waals surface area contributed by atoms with Crippen LogP contribution in [0.2, 0.25) is 0 Å². The van der Waals surface area contributed by atoms with E-state index in [1.807, 2.05) is 0 Å². The number of thioether (sulfide) groups is 1. The van der Waals surface area contributed by atoms with E-state index in [1.54, 1.807) is 38.4 Å². The van der Waals surface area contributed by atoms with Gasteiger partial charge in [0.15, 0.2) is 5.17 Å². The Morgan fingerprint density at radius 2 is 2.22 bits per heavy atom. The summed E-state index contributed by atoms with van der Waals surface area (Å²) >= 11 is 4.58. The van der Waals surface area contributed by atoms with Crippen molar-refractivity contribution in [2.24, 2.45) is 4.99 Å². The lowest BCUT2D eigenvalue weighted by molar-refractivity contribution is -0.121. The first-order valence-electron chi connectivity index (χ1n) is 5.16. The number of halogens is 1. The highest BCUT2D eigenvalue weighted by Crippen LogP contribution is 2.32. The first kappa shape index (κ1) is 13.2. The molecule has 1 N–H and O–H groups in total. The molecule has 1 aromatic carbocycles. The second-order valence-electron chi connectivity index (χ2n) is 3.69. The van der Waals surface area contributed by atoms with Crippen LogP contribution < -0.4 is 0 Å². The Morgan fingerprint density at radius 3 is 2.78 bits per heavy atom. The maximum atomic E-state index is 11.9. The minimum atomic E-state index is -0.0650. The van der Waals surface area contributed by atoms with Crippen LogP contribution in [0, 0.1) is 0 Å². The normalized spacial score (nSPS) is 20.2. The van der Waals surface area contributed by atoms with Crippen LogP contribution in [0.4, 0.5) is 0 Å². The van der Waals surface area contributed by atoms with E-state index >= 15 is 0 Å². The van der Waals surface area contributed by atoms with E-state index in [1.165, 1.54) is 16.7 Å². The molecule has 6 heteroatoms. The molecule has 1 aliphatic rings. The number of aliphatic imine (C=N–C) groups is 1. The highest BCUT2D eigenvalue weighted by molar-refractivity contribution is 9.10. The summed E-state index contributed by atoms with van der Waals surface area (Å²) in [7, 11) is 3.36. The van der Waals surface area contributed by atoms with Crippen LogP contribution in [0.1, 0.15) is 5.56 Å². The highest BCUT2D eigenvalue weighted by Gasteiger charge is 2.29. The Kier molecular flexibility index (Phi) is 3.77. The van der Waals surface area contributed by atoms with Crippen LogP contribution in [0.5, 0.6) is 5.75 Å². The fourth-order valence-corrected chi connectivity index (χ4v) is 2.84. The van der Waals surface area contributed by atoms with Crippen molar-refractivity contribution in [3.8, 4) is 5.75 Å². The molecule has 1 saturated heterocycles. The van der Waals surface area contributed by atoms with Gasteiger partial charge in [0, 0.05) is 14.1 Å². The van der Waals surface area contributed by atoms with Gasteiger partial charge in [-0.15, -0.1) is 0 Å². The summed E-state index contributed by atoms with van der Waals surface area (Å²) in [5.74, 6) is 0.111. The summed E-state index contributed by atoms with van der Waals surface area (Å²) in [5.41, 5.74) is 0.848. The summed E-state index contributed by atoms with van der Waals surface area (Å²) in [6.07, 6.45) is 1.78. The molecule has 0 bridgehead atoms. The Morgan fingerprint density at radius 1 is 1.50 bits per heavy atom. The molecule has 1 fully saturated rings. The van der Waals surface area contributed by atoms with Gasteiger partial charge >= 0.3 is 0 Å². The zero-order chi connectivity index (χ0) is 13.3. The van der Waals surface area contributed by atoms with Gasteiger partial charge in [-0.25, -0.2) is 0 Å². The van der Waals surface area contributed by atoms with Crippen molar-refractivity contribution in [3.63, 3.8) is 0 Å². The molecule has 0 saturated carbocycles. The zero-order valence-electron chi connectivity index (χ0n) is 9.85. The topological polar surface area (TPSA) is 52.9 Å². The SMILES string of the molecule is CN=C1S/C(=C/c2ccc(O)c(Br)c2)C(=O)N1C. The van der Waals surface area contributed by atoms with Gasteiger partial charge in [-0.3, -0.25) is 14.7 Å². The van der Waals surface area contributed by atoms with E-state index in [2.05, 4.69) is 20.9 Å². The Balaban J connectivity index is 2.34. The molecular weight excluding hydrogens is 316 g/mol. The number of aromatic hydroxyl groups is 1. The molecule has 1 heterocycles. The van der Waals surface area contributed by atoms with Gasteiger partial charge < -0.3 is 5.11 Å². The van der Waals surface area contributed by atoms with Crippen molar-refractivity contribution in [3.05, 3.63) is 33.1 Å². The molecule has 2 rings (SSSR count). The van der Waals surface area contributed by atoms with Crippen molar-refractivity contribution in [1.82, 2.24) is 4.90 Å². The summed E-state index contributed by atoms with van der Waals surface area (Å²) in [4.78, 5) is 18.1. The molecule has 0 radical (unpaired) electrons. The molecule has 1 aliphatic heterocycles. The number of rotatable bonds is 1. The number of phenolic OH excluding ortho intramolecular Hbond substituents is 1. The highest BCUT2D eigenvalue weighted by atomic mass is 79.9. The van der Waals surface area contributed by atoms with E-state index in [-0.39, 0.29) is 11.7 Å². The largest absolute Gasteiger partial charge is 0.507 e. The second-order valence-corrected chi connectivity index (χ2v) is 5.56. The van der Waals surface area contributed by atoms with Crippen LogP contribution in [0.15, 0.2) is 32.6 Å². The molecule has 4 nitrogen and oxygen atoms in total. The van der Waals surface area contributed by atoms with Gasteiger partial charge in [0.2, 0.25) is 0 Å². The van der Waals surface area contributed by atoms with Gasteiger partial charge in [-0.05, 0) is 51.5 Å². The smallest absolute Gasteiger partial charge is 0.266 e. The fourth-order valence-electron chi connectivity index (χ4n) is 1.51. The molecular formula is C12H11BrN2O2S. The number of hydrogen-bond acceptors (Lipinski definition) is 4. The maximum Gasteiger partial charge on any atom is 0.266 e. The van der Waals surface area contributed by atoms with Gasteiger partial charge in [-0.2, -0.15) is 0 Å². The number of benzene rings is 1. The number of carbonyl (C=O) groups excluding carboxylic acids is 1. The van der Waals surface area contributed by atoms with E-state index < -0.39 is 0 Å². The van der Waals surface area contributed by atoms with Gasteiger partial charge in [0.25, 0.3) is 5.91 Å². The number of amides is 1. The third-order valence-corrected chi connectivity index (χ3v) is 4.25. The van der Waals surface area contributed by atoms with Crippen LogP contribution in [0.3, 0.4) is 0 Å². The van der Waals surface area contributed by atoms with Crippen molar-refractivity contribution in [2.75, 3.05) is 14.1 Å². The number of carbonyl (C=O) groups is 1. The number of hydrogen-bond donors (Lipinski definition) is 1. The number of phenols is 1. The van der Waals surface area contributed by atoms with Crippen LogP contribution in [-0.2, 0) is 4.79 Å². The summed E-state index contributed by atoms with van der Waals surface area (Å²) in [5, 5.41) is 10.1. The first-order chi connectivity index (χ1) is 8.52. The van der Waals surface area contributed by atoms with Crippen LogP contribution in [-0.4, -0.2) is 35.2 Å². The van der Waals surface area contributed by atoms with Gasteiger partial charge in [0.05, 0.1) is 9.38 Å². The standard InChI is InChI=1S/C12H11BrN2O2S/c1-14-12-15(2)11(17)10(18-12)6-7-3-4-9(16)8(13)5-7/h3-6,16H,1-2H3/b10-6+,14-12?. The molecule has 0 atom stereocenters. The minimum absolute atomic E-state index is 0.0650. The number of amidine groups is 1. The van der Waals surface area contributed by atoms with E-state index in [0.29, 0.717) is 14.5 Å². The molecule has 94 valence electrons. The molecule has 1 aromatic rings. The predicted molar refractivity (Wildman–Crippen MR) is 77.5 cm³/mol. The average molecular weight is 327 g/mol. The van der Waals surface area contributed by atoms with E-state index in [0.717, 1.165) is 5.56 Å². The Labute approximate surface area is 118 Å². The Hall–Kier alpha value is -1.27. The van der Waals surface area contributed by atoms with Gasteiger partial charge in [-0.1, -0.05) is 6.07 Å². The molecule has 1 amide bonds. The maximum absolute atomic E-state index is 11.9. The van der Waals surface area contributed by atoms with Crippen molar-refractivity contribution < 1.29 is 9.90 Å². The van der Waals surface area contributed by atoms with Crippen molar-refractivity contribution in [1.29, 1.82) is 0 Å². The molecule has 0 aliphatic carbocycles. The lowest BCUT2D eigenvalue weighted by atomic mass is 10.2. The van der Waals surface area contributed by atoms with Crippen LogP contribution >= 0.6 is 27.7 Å². The summed E-state index contributed by atoms with van der Waals surface area (Å²) < 4.78 is 0.602. The Bertz CT molecular complexity index is 569. The summed E-state index contributed by atoms with van der Waals surface area (Å²) in [6.45, 7) is 0. The molecule has 0 aromatic heterocycles. The lowest BCUT2D eigenvalue weighted by Gasteiger charge is -2.05. The van der Waals surface area contributed by atoms with Crippen molar-refractivity contribution >= 4 is 44.8 Å². The molecule has 0 unspecified atom stereocenters. The quantitative estimate of drug-likeness (QED) is 0.807. The second kappa shape index (κ2) is 5.16. The lowest BCUT2D eigenvalue weighted by Crippen LogP contribution is -2.23. The molecule has 0 spiro atoms. The monoisotopic (exact) mass is 326 g/mol. The first-order valence-corrected chi connectivity index (χ1v) is 6.77. The predicted octanol–water partition coefficient (Wildman–Crippen LogP) is 2.69. The third kappa shape index (κ3) is 2.44. The van der Waals surface area contributed by atoms with E-state index in [9.17, 15) is 9.90 Å². The van der Waals surface area contributed by atoms with E-state index in [4.69, 9.17) is 0 Å². The summed E-state index contributed by atoms with van der Waals surface area (Å²) in [6, 6.07) is 5.10. The number of likely N-dealkylation sites (N-methyl/N-ethyl adjacent to an activating group) is 1.